The van der Waals surface area contributed by atoms with Crippen molar-refractivity contribution in [3.63, 3.8) is 0 Å². The fourth-order valence-corrected chi connectivity index (χ4v) is 5.05. The Morgan fingerprint density at radius 2 is 1.89 bits per heavy atom. The molecule has 1 aliphatic rings. The summed E-state index contributed by atoms with van der Waals surface area (Å²) in [5.74, 6) is 0.0244. The van der Waals surface area contributed by atoms with Crippen LogP contribution < -0.4 is 15.0 Å². The number of nitrogens with zero attached hydrogens (tertiary/aromatic N) is 3. The van der Waals surface area contributed by atoms with Crippen molar-refractivity contribution in [1.82, 2.24) is 9.97 Å². The normalized spacial score (nSPS) is 12.8. The molecule has 0 bridgehead atoms. The smallest absolute Gasteiger partial charge is 0.265 e. The van der Waals surface area contributed by atoms with Gasteiger partial charge in [-0.3, -0.25) is 19.5 Å². The summed E-state index contributed by atoms with van der Waals surface area (Å²) >= 11 is 1.50. The summed E-state index contributed by atoms with van der Waals surface area (Å²) in [6.45, 7) is 5.73. The highest BCUT2D eigenvalue weighted by atomic mass is 32.1. The van der Waals surface area contributed by atoms with Crippen molar-refractivity contribution in [1.29, 1.82) is 0 Å². The van der Waals surface area contributed by atoms with Crippen LogP contribution in [0.25, 0.3) is 22.0 Å². The largest absolute Gasteiger partial charge is 0.482 e. The van der Waals surface area contributed by atoms with Crippen LogP contribution in [0, 0.1) is 20.8 Å². The van der Waals surface area contributed by atoms with Crippen LogP contribution in [0.4, 0.5) is 11.4 Å². The third-order valence-corrected chi connectivity index (χ3v) is 6.69. The van der Waals surface area contributed by atoms with Crippen LogP contribution in [0.3, 0.4) is 0 Å². The molecule has 0 spiro atoms. The Hall–Kier alpha value is -4.04. The van der Waals surface area contributed by atoms with Crippen molar-refractivity contribution in [2.45, 2.75) is 20.8 Å². The zero-order valence-corrected chi connectivity index (χ0v) is 20.5. The SMILES string of the molecule is Cc1cc(C)c(NC(=O)CN2C(=O)COc3ccc(-c4csc(-c5ccccn5)n4)cc32)c(C)c1. The molecule has 0 saturated heterocycles. The minimum atomic E-state index is -0.269. The molecule has 7 nitrogen and oxygen atoms in total. The number of carbonyl (C=O) groups excluding carboxylic acids is 2. The third kappa shape index (κ3) is 4.65. The lowest BCUT2D eigenvalue weighted by Gasteiger charge is -2.29. The lowest BCUT2D eigenvalue weighted by molar-refractivity contribution is -0.123. The first-order valence-electron chi connectivity index (χ1n) is 11.2. The molecule has 0 aliphatic carbocycles. The minimum absolute atomic E-state index is 0.108. The predicted molar refractivity (Wildman–Crippen MR) is 138 cm³/mol. The zero-order valence-electron chi connectivity index (χ0n) is 19.7. The average molecular weight is 485 g/mol. The fourth-order valence-electron chi connectivity index (χ4n) is 4.25. The number of fused-ring (bicyclic) bond motifs is 1. The van der Waals surface area contributed by atoms with Crippen LogP contribution in [0.15, 0.2) is 60.1 Å². The number of benzene rings is 2. The number of hydrogen-bond donors (Lipinski definition) is 1. The van der Waals surface area contributed by atoms with Crippen LogP contribution in [0.1, 0.15) is 16.7 Å². The molecule has 5 rings (SSSR count). The van der Waals surface area contributed by atoms with Gasteiger partial charge in [-0.05, 0) is 62.2 Å². The molecular formula is C27H24N4O3S. The van der Waals surface area contributed by atoms with E-state index in [-0.39, 0.29) is 25.0 Å². The van der Waals surface area contributed by atoms with Gasteiger partial charge in [-0.1, -0.05) is 23.8 Å². The number of hydrogen-bond acceptors (Lipinski definition) is 6. The Kier molecular flexibility index (Phi) is 6.05. The van der Waals surface area contributed by atoms with Gasteiger partial charge in [0.05, 0.1) is 17.1 Å². The first-order chi connectivity index (χ1) is 16.9. The van der Waals surface area contributed by atoms with Crippen LogP contribution in [0.5, 0.6) is 5.75 Å². The van der Waals surface area contributed by atoms with E-state index in [1.54, 1.807) is 6.20 Å². The molecular weight excluding hydrogens is 460 g/mol. The second kappa shape index (κ2) is 9.31. The van der Waals surface area contributed by atoms with Gasteiger partial charge in [-0.15, -0.1) is 11.3 Å². The van der Waals surface area contributed by atoms with E-state index in [0.29, 0.717) is 11.4 Å². The maximum atomic E-state index is 13.0. The maximum absolute atomic E-state index is 13.0. The van der Waals surface area contributed by atoms with E-state index in [0.717, 1.165) is 44.3 Å². The molecule has 2 aromatic carbocycles. The Labute approximate surface area is 207 Å². The van der Waals surface area contributed by atoms with Gasteiger partial charge in [0.2, 0.25) is 5.91 Å². The lowest BCUT2D eigenvalue weighted by atomic mass is 10.1. The molecule has 4 aromatic rings. The Morgan fingerprint density at radius 3 is 2.63 bits per heavy atom. The molecule has 176 valence electrons. The van der Waals surface area contributed by atoms with Crippen LogP contribution in [-0.4, -0.2) is 34.9 Å². The number of rotatable bonds is 5. The summed E-state index contributed by atoms with van der Waals surface area (Å²) in [5.41, 5.74) is 6.84. The van der Waals surface area contributed by atoms with Crippen LogP contribution >= 0.6 is 11.3 Å². The fraction of sp³-hybridized carbons (Fsp3) is 0.185. The summed E-state index contributed by atoms with van der Waals surface area (Å²) in [7, 11) is 0. The van der Waals surface area contributed by atoms with E-state index in [1.165, 1.54) is 16.2 Å². The van der Waals surface area contributed by atoms with Crippen molar-refractivity contribution in [2.24, 2.45) is 0 Å². The maximum Gasteiger partial charge on any atom is 0.265 e. The highest BCUT2D eigenvalue weighted by molar-refractivity contribution is 7.13. The van der Waals surface area contributed by atoms with Crippen molar-refractivity contribution in [3.05, 3.63) is 76.8 Å². The molecule has 1 aliphatic heterocycles. The molecule has 0 radical (unpaired) electrons. The van der Waals surface area contributed by atoms with E-state index in [4.69, 9.17) is 9.72 Å². The van der Waals surface area contributed by atoms with E-state index in [2.05, 4.69) is 10.3 Å². The standard InChI is InChI=1S/C27H24N4O3S/c1-16-10-17(2)26(18(3)11-16)30-24(32)13-31-22-12-19(7-8-23(22)34-14-25(31)33)21-15-35-27(29-21)20-6-4-5-9-28-20/h4-12,15H,13-14H2,1-3H3,(H,30,32). The molecule has 0 fully saturated rings. The number of amides is 2. The van der Waals surface area contributed by atoms with Crippen molar-refractivity contribution >= 4 is 34.5 Å². The van der Waals surface area contributed by atoms with E-state index >= 15 is 0 Å². The molecule has 0 unspecified atom stereocenters. The van der Waals surface area contributed by atoms with Gasteiger partial charge in [0.25, 0.3) is 5.91 Å². The topological polar surface area (TPSA) is 84.4 Å². The number of thiazole rings is 1. The van der Waals surface area contributed by atoms with Crippen molar-refractivity contribution in [3.8, 4) is 27.7 Å². The molecule has 35 heavy (non-hydrogen) atoms. The monoisotopic (exact) mass is 484 g/mol. The van der Waals surface area contributed by atoms with Crippen LogP contribution in [0.2, 0.25) is 0 Å². The average Bonchev–Trinajstić information content (AvgIpc) is 3.34. The molecule has 8 heteroatoms. The second-order valence-electron chi connectivity index (χ2n) is 8.53. The van der Waals surface area contributed by atoms with Crippen molar-refractivity contribution in [2.75, 3.05) is 23.4 Å². The number of aryl methyl sites for hydroxylation is 3. The van der Waals surface area contributed by atoms with E-state index in [9.17, 15) is 9.59 Å². The van der Waals surface area contributed by atoms with E-state index < -0.39 is 0 Å². The number of anilines is 2. The summed E-state index contributed by atoms with van der Waals surface area (Å²) in [6.07, 6.45) is 1.74. The number of nitrogens with one attached hydrogen (secondary N) is 1. The Balaban J connectivity index is 1.41. The Morgan fingerprint density at radius 1 is 1.09 bits per heavy atom. The quantitative estimate of drug-likeness (QED) is 0.423. The number of carbonyl (C=O) groups is 2. The highest BCUT2D eigenvalue weighted by Crippen LogP contribution is 2.37. The highest BCUT2D eigenvalue weighted by Gasteiger charge is 2.28. The molecule has 2 aromatic heterocycles. The molecule has 3 heterocycles. The van der Waals surface area contributed by atoms with Gasteiger partial charge in [0, 0.05) is 22.8 Å². The molecule has 1 N–H and O–H groups in total. The molecule has 0 saturated carbocycles. The van der Waals surface area contributed by atoms with Crippen LogP contribution in [-0.2, 0) is 9.59 Å². The minimum Gasteiger partial charge on any atom is -0.482 e. The number of ether oxygens (including phenoxy) is 1. The summed E-state index contributed by atoms with van der Waals surface area (Å²) in [4.78, 5) is 36.3. The zero-order chi connectivity index (χ0) is 24.5. The van der Waals surface area contributed by atoms with Gasteiger partial charge in [0.15, 0.2) is 6.61 Å². The predicted octanol–water partition coefficient (Wildman–Crippen LogP) is 5.16. The molecule has 2 amide bonds. The lowest BCUT2D eigenvalue weighted by Crippen LogP contribution is -2.43. The van der Waals surface area contributed by atoms with Crippen molar-refractivity contribution < 1.29 is 14.3 Å². The van der Waals surface area contributed by atoms with Gasteiger partial charge in [-0.25, -0.2) is 4.98 Å². The summed E-state index contributed by atoms with van der Waals surface area (Å²) < 4.78 is 5.63. The van der Waals surface area contributed by atoms with Gasteiger partial charge in [0.1, 0.15) is 17.3 Å². The van der Waals surface area contributed by atoms with E-state index in [1.807, 2.05) is 74.7 Å². The number of aromatic nitrogens is 2. The number of pyridine rings is 1. The Bertz CT molecular complexity index is 1410. The summed E-state index contributed by atoms with van der Waals surface area (Å²) in [6, 6.07) is 15.3. The first kappa shape index (κ1) is 22.7. The molecule has 0 atom stereocenters. The third-order valence-electron chi connectivity index (χ3n) is 5.83. The second-order valence-corrected chi connectivity index (χ2v) is 9.38. The van der Waals surface area contributed by atoms with Gasteiger partial charge < -0.3 is 10.1 Å². The summed E-state index contributed by atoms with van der Waals surface area (Å²) in [5, 5.41) is 5.75. The first-order valence-corrected chi connectivity index (χ1v) is 12.1. The van der Waals surface area contributed by atoms with Gasteiger partial charge >= 0.3 is 0 Å². The van der Waals surface area contributed by atoms with Gasteiger partial charge in [-0.2, -0.15) is 0 Å².